The van der Waals surface area contributed by atoms with E-state index in [2.05, 4.69) is 21.1 Å². The normalized spacial score (nSPS) is 22.3. The largest absolute Gasteiger partial charge is 0.497 e. The molecule has 1 unspecified atom stereocenters. The number of benzene rings is 1. The van der Waals surface area contributed by atoms with Gasteiger partial charge >= 0.3 is 5.97 Å². The van der Waals surface area contributed by atoms with E-state index in [0.717, 1.165) is 10.0 Å². The molecule has 0 fully saturated rings. The maximum Gasteiger partial charge on any atom is 0.351 e. The van der Waals surface area contributed by atoms with Gasteiger partial charge in [0.05, 0.1) is 12.8 Å². The summed E-state index contributed by atoms with van der Waals surface area (Å²) < 4.78 is 5.96. The van der Waals surface area contributed by atoms with Gasteiger partial charge in [0, 0.05) is 16.5 Å². The van der Waals surface area contributed by atoms with Gasteiger partial charge in [-0.05, 0) is 25.1 Å². The fourth-order valence-corrected chi connectivity index (χ4v) is 2.13. The number of hydrogen-bond acceptors (Lipinski definition) is 4. The summed E-state index contributed by atoms with van der Waals surface area (Å²) in [6, 6.07) is 5.42. The van der Waals surface area contributed by atoms with E-state index in [1.54, 1.807) is 19.2 Å². The molecule has 0 saturated carbocycles. The zero-order valence-electron chi connectivity index (χ0n) is 9.94. The van der Waals surface area contributed by atoms with Crippen LogP contribution in [0, 0.1) is 0 Å². The van der Waals surface area contributed by atoms with Gasteiger partial charge in [0.2, 0.25) is 5.60 Å². The summed E-state index contributed by atoms with van der Waals surface area (Å²) >= 11 is 3.40. The Hall–Kier alpha value is -1.56. The van der Waals surface area contributed by atoms with Gasteiger partial charge in [-0.15, -0.1) is 0 Å². The number of oxime groups is 1. The van der Waals surface area contributed by atoms with Crippen LogP contribution < -0.4 is 4.74 Å². The smallest absolute Gasteiger partial charge is 0.351 e. The summed E-state index contributed by atoms with van der Waals surface area (Å²) in [6.45, 7) is 1.50. The van der Waals surface area contributed by atoms with Crippen molar-refractivity contribution in [3.05, 3.63) is 28.2 Å². The van der Waals surface area contributed by atoms with Crippen molar-refractivity contribution >= 4 is 27.6 Å². The molecule has 0 aromatic heterocycles. The second kappa shape index (κ2) is 4.61. The van der Waals surface area contributed by atoms with Gasteiger partial charge in [-0.25, -0.2) is 4.79 Å². The van der Waals surface area contributed by atoms with E-state index in [4.69, 9.17) is 14.7 Å². The molecule has 0 spiro atoms. The summed E-state index contributed by atoms with van der Waals surface area (Å²) in [5, 5.41) is 12.9. The van der Waals surface area contributed by atoms with Crippen LogP contribution >= 0.6 is 15.9 Å². The molecule has 0 bridgehead atoms. The number of nitrogens with zero attached hydrogens (tertiary/aromatic N) is 1. The molecule has 18 heavy (non-hydrogen) atoms. The maximum atomic E-state index is 11.1. The topological polar surface area (TPSA) is 68.1 Å². The maximum absolute atomic E-state index is 11.1. The molecule has 2 rings (SSSR count). The highest BCUT2D eigenvalue weighted by Gasteiger charge is 2.42. The Labute approximate surface area is 113 Å². The number of hydrogen-bond donors (Lipinski definition) is 1. The lowest BCUT2D eigenvalue weighted by molar-refractivity contribution is -0.160. The first kappa shape index (κ1) is 12.9. The third-order valence-corrected chi connectivity index (χ3v) is 3.49. The summed E-state index contributed by atoms with van der Waals surface area (Å²) in [5.74, 6) is -0.347. The van der Waals surface area contributed by atoms with Crippen LogP contribution in [0.3, 0.4) is 0 Å². The molecule has 96 valence electrons. The fraction of sp³-hybridized carbons (Fsp3) is 0.333. The number of carboxylic acids is 1. The minimum atomic E-state index is -1.29. The second-order valence-corrected chi connectivity index (χ2v) is 5.04. The monoisotopic (exact) mass is 313 g/mol. The van der Waals surface area contributed by atoms with E-state index >= 15 is 0 Å². The molecule has 5 nitrogen and oxygen atoms in total. The first-order valence-electron chi connectivity index (χ1n) is 5.28. The van der Waals surface area contributed by atoms with E-state index < -0.39 is 11.6 Å². The first-order chi connectivity index (χ1) is 8.46. The van der Waals surface area contributed by atoms with Crippen LogP contribution in [0.25, 0.3) is 0 Å². The third kappa shape index (κ3) is 2.20. The predicted octanol–water partition coefficient (Wildman–Crippen LogP) is 2.43. The number of methoxy groups -OCH3 is 1. The van der Waals surface area contributed by atoms with Crippen LogP contribution in [-0.2, 0) is 9.63 Å². The standard InChI is InChI=1S/C12H12BrNO4/c1-12(11(15)16)6-10(14-18-12)8-5-7(17-2)3-4-9(8)13/h3-5H,6H2,1-2H3,(H,15,16). The van der Waals surface area contributed by atoms with Gasteiger partial charge in [-0.1, -0.05) is 21.1 Å². The van der Waals surface area contributed by atoms with E-state index in [-0.39, 0.29) is 6.42 Å². The van der Waals surface area contributed by atoms with Gasteiger partial charge in [-0.2, -0.15) is 0 Å². The Kier molecular flexibility index (Phi) is 3.30. The molecule has 1 aromatic rings. The van der Waals surface area contributed by atoms with Crippen molar-refractivity contribution in [3.8, 4) is 5.75 Å². The number of aliphatic carboxylic acids is 1. The summed E-state index contributed by atoms with van der Waals surface area (Å²) in [7, 11) is 1.57. The Bertz CT molecular complexity index is 529. The third-order valence-electron chi connectivity index (χ3n) is 2.80. The van der Waals surface area contributed by atoms with E-state index in [1.807, 2.05) is 6.07 Å². The molecule has 1 aliphatic heterocycles. The zero-order chi connectivity index (χ0) is 13.3. The van der Waals surface area contributed by atoms with Crippen molar-refractivity contribution in [1.82, 2.24) is 0 Å². The molecule has 0 amide bonds. The van der Waals surface area contributed by atoms with Crippen molar-refractivity contribution in [2.24, 2.45) is 5.16 Å². The SMILES string of the molecule is COc1ccc(Br)c(C2=NOC(C)(C(=O)O)C2)c1. The lowest BCUT2D eigenvalue weighted by Crippen LogP contribution is -2.35. The Morgan fingerprint density at radius 3 is 2.89 bits per heavy atom. The van der Waals surface area contributed by atoms with E-state index in [9.17, 15) is 4.79 Å². The molecule has 1 aliphatic rings. The van der Waals surface area contributed by atoms with Gasteiger partial charge in [-0.3, -0.25) is 0 Å². The molecular formula is C12H12BrNO4. The van der Waals surface area contributed by atoms with Crippen molar-refractivity contribution in [1.29, 1.82) is 0 Å². The van der Waals surface area contributed by atoms with Gasteiger partial charge in [0.25, 0.3) is 0 Å². The Balaban J connectivity index is 2.32. The van der Waals surface area contributed by atoms with Crippen LogP contribution in [0.4, 0.5) is 0 Å². The second-order valence-electron chi connectivity index (χ2n) is 4.19. The van der Waals surface area contributed by atoms with Gasteiger partial charge < -0.3 is 14.7 Å². The highest BCUT2D eigenvalue weighted by atomic mass is 79.9. The zero-order valence-corrected chi connectivity index (χ0v) is 11.5. The Morgan fingerprint density at radius 1 is 1.61 bits per heavy atom. The number of halogens is 1. The Morgan fingerprint density at radius 2 is 2.33 bits per heavy atom. The predicted molar refractivity (Wildman–Crippen MR) is 69.0 cm³/mol. The molecular weight excluding hydrogens is 302 g/mol. The lowest BCUT2D eigenvalue weighted by atomic mass is 9.96. The van der Waals surface area contributed by atoms with E-state index in [1.165, 1.54) is 6.92 Å². The minimum Gasteiger partial charge on any atom is -0.497 e. The molecule has 0 radical (unpaired) electrons. The molecule has 1 N–H and O–H groups in total. The van der Waals surface area contributed by atoms with Gasteiger partial charge in [0.15, 0.2) is 0 Å². The number of ether oxygens (including phenoxy) is 1. The summed E-state index contributed by atoms with van der Waals surface area (Å²) in [4.78, 5) is 16.1. The quantitative estimate of drug-likeness (QED) is 0.930. The van der Waals surface area contributed by atoms with Crippen molar-refractivity contribution in [2.75, 3.05) is 7.11 Å². The van der Waals surface area contributed by atoms with Crippen molar-refractivity contribution in [3.63, 3.8) is 0 Å². The number of carbonyl (C=O) groups is 1. The molecule has 0 saturated heterocycles. The van der Waals surface area contributed by atoms with Crippen LogP contribution in [-0.4, -0.2) is 29.5 Å². The van der Waals surface area contributed by atoms with Crippen LogP contribution in [0.5, 0.6) is 5.75 Å². The fourth-order valence-electron chi connectivity index (χ4n) is 1.65. The van der Waals surface area contributed by atoms with Crippen molar-refractivity contribution in [2.45, 2.75) is 18.9 Å². The van der Waals surface area contributed by atoms with Crippen LogP contribution in [0.2, 0.25) is 0 Å². The minimum absolute atomic E-state index is 0.216. The first-order valence-corrected chi connectivity index (χ1v) is 6.08. The van der Waals surface area contributed by atoms with Crippen LogP contribution in [0.1, 0.15) is 18.9 Å². The van der Waals surface area contributed by atoms with E-state index in [0.29, 0.717) is 11.5 Å². The summed E-state index contributed by atoms with van der Waals surface area (Å²) in [5.41, 5.74) is 0.0719. The molecule has 1 aromatic carbocycles. The van der Waals surface area contributed by atoms with Crippen LogP contribution in [0.15, 0.2) is 27.8 Å². The number of rotatable bonds is 3. The average Bonchev–Trinajstić information content (AvgIpc) is 2.74. The molecule has 6 heteroatoms. The van der Waals surface area contributed by atoms with Crippen molar-refractivity contribution < 1.29 is 19.5 Å². The summed E-state index contributed by atoms with van der Waals surface area (Å²) in [6.07, 6.45) is 0.216. The highest BCUT2D eigenvalue weighted by Crippen LogP contribution is 2.31. The molecule has 0 aliphatic carbocycles. The van der Waals surface area contributed by atoms with Gasteiger partial charge in [0.1, 0.15) is 5.75 Å². The molecule has 1 atom stereocenters. The average molecular weight is 314 g/mol. The highest BCUT2D eigenvalue weighted by molar-refractivity contribution is 9.10. The lowest BCUT2D eigenvalue weighted by Gasteiger charge is -2.14. The number of carboxylic acid groups (broad SMARTS) is 1. The molecule has 1 heterocycles.